The summed E-state index contributed by atoms with van der Waals surface area (Å²) in [5.41, 5.74) is 0.426. The van der Waals surface area contributed by atoms with E-state index in [0.29, 0.717) is 5.69 Å². The van der Waals surface area contributed by atoms with Crippen LogP contribution < -0.4 is 9.80 Å². The van der Waals surface area contributed by atoms with Crippen LogP contribution in [0.4, 0.5) is 11.6 Å². The molecule has 0 aliphatic carbocycles. The van der Waals surface area contributed by atoms with Gasteiger partial charge in [-0.2, -0.15) is 0 Å². The van der Waals surface area contributed by atoms with E-state index in [1.807, 2.05) is 29.3 Å². The molecule has 4 rings (SSSR count). The van der Waals surface area contributed by atoms with E-state index in [2.05, 4.69) is 36.7 Å². The standard InChI is InChI=1S/C19H25N7O/c1-23-6-8-26(9-7-23)19(27)16-14-22-18(15-21-16)25-12-10-24(11-13-25)17-4-2-3-5-20-17/h2-5,14-15H,6-13H2,1H3. The summed E-state index contributed by atoms with van der Waals surface area (Å²) < 4.78 is 0. The van der Waals surface area contributed by atoms with Crippen molar-refractivity contribution >= 4 is 17.5 Å². The highest BCUT2D eigenvalue weighted by atomic mass is 16.2. The largest absolute Gasteiger partial charge is 0.353 e. The second-order valence-electron chi connectivity index (χ2n) is 7.02. The third kappa shape index (κ3) is 4.00. The molecular weight excluding hydrogens is 342 g/mol. The lowest BCUT2D eigenvalue weighted by molar-refractivity contribution is 0.0658. The minimum atomic E-state index is -0.0258. The molecule has 4 heterocycles. The van der Waals surface area contributed by atoms with Crippen molar-refractivity contribution in [2.45, 2.75) is 0 Å². The molecule has 0 N–H and O–H groups in total. The number of rotatable bonds is 3. The lowest BCUT2D eigenvalue weighted by Gasteiger charge is -2.36. The maximum Gasteiger partial charge on any atom is 0.274 e. The molecule has 2 saturated heterocycles. The predicted molar refractivity (Wildman–Crippen MR) is 104 cm³/mol. The highest BCUT2D eigenvalue weighted by Gasteiger charge is 2.23. The zero-order chi connectivity index (χ0) is 18.6. The zero-order valence-corrected chi connectivity index (χ0v) is 15.7. The molecular formula is C19H25N7O. The highest BCUT2D eigenvalue weighted by molar-refractivity contribution is 5.92. The van der Waals surface area contributed by atoms with E-state index in [0.717, 1.165) is 64.0 Å². The monoisotopic (exact) mass is 367 g/mol. The third-order valence-electron chi connectivity index (χ3n) is 5.22. The summed E-state index contributed by atoms with van der Waals surface area (Å²) in [6, 6.07) is 5.98. The van der Waals surface area contributed by atoms with Crippen molar-refractivity contribution in [3.05, 3.63) is 42.5 Å². The number of aromatic nitrogens is 3. The van der Waals surface area contributed by atoms with Crippen LogP contribution >= 0.6 is 0 Å². The average Bonchev–Trinajstić information content (AvgIpc) is 2.75. The van der Waals surface area contributed by atoms with Crippen molar-refractivity contribution in [1.29, 1.82) is 0 Å². The Labute approximate surface area is 159 Å². The van der Waals surface area contributed by atoms with Crippen LogP contribution in [-0.2, 0) is 0 Å². The summed E-state index contributed by atoms with van der Waals surface area (Å²) in [6.45, 7) is 6.79. The Kier molecular flexibility index (Phi) is 5.15. The number of nitrogens with zero attached hydrogens (tertiary/aromatic N) is 7. The lowest BCUT2D eigenvalue weighted by atomic mass is 10.3. The van der Waals surface area contributed by atoms with Gasteiger partial charge in [0, 0.05) is 58.6 Å². The summed E-state index contributed by atoms with van der Waals surface area (Å²) in [4.78, 5) is 34.4. The number of carbonyl (C=O) groups excluding carboxylic acids is 1. The van der Waals surface area contributed by atoms with Crippen molar-refractivity contribution in [3.8, 4) is 0 Å². The molecule has 2 aromatic rings. The van der Waals surface area contributed by atoms with Crippen molar-refractivity contribution in [2.75, 3.05) is 69.2 Å². The molecule has 2 aliphatic heterocycles. The van der Waals surface area contributed by atoms with Gasteiger partial charge in [-0.05, 0) is 19.2 Å². The molecule has 0 aromatic carbocycles. The van der Waals surface area contributed by atoms with Crippen LogP contribution in [0.25, 0.3) is 0 Å². The molecule has 142 valence electrons. The van der Waals surface area contributed by atoms with E-state index in [4.69, 9.17) is 0 Å². The van der Waals surface area contributed by atoms with Crippen molar-refractivity contribution in [1.82, 2.24) is 24.8 Å². The zero-order valence-electron chi connectivity index (χ0n) is 15.7. The first-order valence-corrected chi connectivity index (χ1v) is 9.41. The summed E-state index contributed by atoms with van der Waals surface area (Å²) in [5, 5.41) is 0. The average molecular weight is 367 g/mol. The second kappa shape index (κ2) is 7.87. The predicted octanol–water partition coefficient (Wildman–Crippen LogP) is 0.586. The van der Waals surface area contributed by atoms with Crippen LogP contribution in [0.15, 0.2) is 36.8 Å². The number of hydrogen-bond donors (Lipinski definition) is 0. The van der Waals surface area contributed by atoms with Crippen molar-refractivity contribution in [3.63, 3.8) is 0 Å². The van der Waals surface area contributed by atoms with Crippen LogP contribution in [0, 0.1) is 0 Å². The van der Waals surface area contributed by atoms with Crippen LogP contribution in [0.1, 0.15) is 10.5 Å². The first-order valence-electron chi connectivity index (χ1n) is 9.41. The van der Waals surface area contributed by atoms with Crippen LogP contribution in [0.2, 0.25) is 0 Å². The van der Waals surface area contributed by atoms with Gasteiger partial charge in [0.05, 0.1) is 12.4 Å². The fourth-order valence-corrected chi connectivity index (χ4v) is 3.47. The third-order valence-corrected chi connectivity index (χ3v) is 5.22. The first-order chi connectivity index (χ1) is 13.2. The van der Waals surface area contributed by atoms with E-state index < -0.39 is 0 Å². The van der Waals surface area contributed by atoms with E-state index in [9.17, 15) is 4.79 Å². The molecule has 0 bridgehead atoms. The van der Waals surface area contributed by atoms with Gasteiger partial charge in [0.1, 0.15) is 17.3 Å². The number of likely N-dealkylation sites (N-methyl/N-ethyl adjacent to an activating group) is 1. The molecule has 2 aliphatic rings. The summed E-state index contributed by atoms with van der Waals surface area (Å²) >= 11 is 0. The summed E-state index contributed by atoms with van der Waals surface area (Å²) in [5.74, 6) is 1.81. The number of pyridine rings is 1. The molecule has 2 fully saturated rings. The van der Waals surface area contributed by atoms with Gasteiger partial charge < -0.3 is 19.6 Å². The maximum atomic E-state index is 12.6. The number of carbonyl (C=O) groups is 1. The highest BCUT2D eigenvalue weighted by Crippen LogP contribution is 2.17. The van der Waals surface area contributed by atoms with Gasteiger partial charge in [0.15, 0.2) is 0 Å². The molecule has 0 unspecified atom stereocenters. The number of piperazine rings is 2. The number of anilines is 2. The second-order valence-corrected chi connectivity index (χ2v) is 7.02. The Morgan fingerprint density at radius 2 is 1.52 bits per heavy atom. The lowest BCUT2D eigenvalue weighted by Crippen LogP contribution is -2.47. The fraction of sp³-hybridized carbons (Fsp3) is 0.474. The Bertz CT molecular complexity index is 751. The Hall–Kier alpha value is -2.74. The maximum absolute atomic E-state index is 12.6. The minimum Gasteiger partial charge on any atom is -0.353 e. The van der Waals surface area contributed by atoms with Gasteiger partial charge in [-0.15, -0.1) is 0 Å². The van der Waals surface area contributed by atoms with Gasteiger partial charge in [-0.3, -0.25) is 4.79 Å². The molecule has 2 aromatic heterocycles. The van der Waals surface area contributed by atoms with Gasteiger partial charge >= 0.3 is 0 Å². The van der Waals surface area contributed by atoms with Crippen LogP contribution in [0.3, 0.4) is 0 Å². The van der Waals surface area contributed by atoms with Gasteiger partial charge in [0.25, 0.3) is 5.91 Å². The van der Waals surface area contributed by atoms with Crippen molar-refractivity contribution in [2.24, 2.45) is 0 Å². The molecule has 1 amide bonds. The fourth-order valence-electron chi connectivity index (χ4n) is 3.47. The Morgan fingerprint density at radius 1 is 0.815 bits per heavy atom. The molecule has 0 radical (unpaired) electrons. The smallest absolute Gasteiger partial charge is 0.274 e. The number of amides is 1. The minimum absolute atomic E-state index is 0.0258. The SMILES string of the molecule is CN1CCN(C(=O)c2cnc(N3CCN(c4ccccn4)CC3)cn2)CC1. The van der Waals surface area contributed by atoms with E-state index in [1.54, 1.807) is 12.4 Å². The molecule has 8 nitrogen and oxygen atoms in total. The van der Waals surface area contributed by atoms with E-state index >= 15 is 0 Å². The quantitative estimate of drug-likeness (QED) is 0.786. The van der Waals surface area contributed by atoms with Crippen molar-refractivity contribution < 1.29 is 4.79 Å². The molecule has 27 heavy (non-hydrogen) atoms. The van der Waals surface area contributed by atoms with Gasteiger partial charge in [0.2, 0.25) is 0 Å². The van der Waals surface area contributed by atoms with Crippen LogP contribution in [0.5, 0.6) is 0 Å². The Morgan fingerprint density at radius 3 is 2.11 bits per heavy atom. The Balaban J connectivity index is 1.35. The topological polar surface area (TPSA) is 68.7 Å². The first kappa shape index (κ1) is 17.7. The molecule has 0 spiro atoms. The summed E-state index contributed by atoms with van der Waals surface area (Å²) in [7, 11) is 2.07. The molecule has 0 saturated carbocycles. The van der Waals surface area contributed by atoms with Crippen LogP contribution in [-0.4, -0.2) is 90.1 Å². The normalized spacial score (nSPS) is 18.6. The van der Waals surface area contributed by atoms with Gasteiger partial charge in [-0.25, -0.2) is 15.0 Å². The van der Waals surface area contributed by atoms with E-state index in [1.165, 1.54) is 0 Å². The summed E-state index contributed by atoms with van der Waals surface area (Å²) in [6.07, 6.45) is 5.16. The van der Waals surface area contributed by atoms with E-state index in [-0.39, 0.29) is 5.91 Å². The van der Waals surface area contributed by atoms with Gasteiger partial charge in [-0.1, -0.05) is 6.07 Å². The number of hydrogen-bond acceptors (Lipinski definition) is 7. The molecule has 0 atom stereocenters. The molecule has 8 heteroatoms.